The van der Waals surface area contributed by atoms with E-state index in [1.165, 1.54) is 24.8 Å². The fraction of sp³-hybridized carbons (Fsp3) is 0.462. The van der Waals surface area contributed by atoms with Crippen molar-refractivity contribution in [1.82, 2.24) is 5.32 Å². The second-order valence-electron chi connectivity index (χ2n) is 9.87. The van der Waals surface area contributed by atoms with Crippen LogP contribution in [0.5, 0.6) is 0 Å². The van der Waals surface area contributed by atoms with Gasteiger partial charge in [-0.25, -0.2) is 0 Å². The van der Waals surface area contributed by atoms with E-state index in [1.807, 2.05) is 12.1 Å². The van der Waals surface area contributed by atoms with Gasteiger partial charge in [-0.15, -0.1) is 0 Å². The highest BCUT2D eigenvalue weighted by molar-refractivity contribution is 6.30. The van der Waals surface area contributed by atoms with E-state index in [9.17, 15) is 9.59 Å². The van der Waals surface area contributed by atoms with Crippen molar-refractivity contribution < 1.29 is 14.3 Å². The van der Waals surface area contributed by atoms with E-state index in [2.05, 4.69) is 35.6 Å². The molecule has 4 atom stereocenters. The first-order valence-corrected chi connectivity index (χ1v) is 11.6. The summed E-state index contributed by atoms with van der Waals surface area (Å²) < 4.78 is 5.60. The maximum absolute atomic E-state index is 13.3. The van der Waals surface area contributed by atoms with Gasteiger partial charge >= 0.3 is 5.97 Å². The molecule has 4 nitrogen and oxygen atoms in total. The summed E-state index contributed by atoms with van der Waals surface area (Å²) in [6, 6.07) is 18.0. The monoisotopic (exact) mass is 437 g/mol. The summed E-state index contributed by atoms with van der Waals surface area (Å²) in [4.78, 5) is 25.6. The quantitative estimate of drug-likeness (QED) is 0.644. The first-order valence-electron chi connectivity index (χ1n) is 11.2. The second kappa shape index (κ2) is 7.98. The Morgan fingerprint density at radius 3 is 2.32 bits per heavy atom. The Labute approximate surface area is 188 Å². The highest BCUT2D eigenvalue weighted by Crippen LogP contribution is 2.66. The lowest BCUT2D eigenvalue weighted by molar-refractivity contribution is -0.175. The standard InChI is InChI=1S/C26H28ClNO3/c27-22-8-6-18(7-9-22)15-28-23(29)16-31-24(30)26-13-19-10-20(14-26)12-25(11-19,17-26)21-4-2-1-3-5-21/h1-9,19-20H,10-17H2,(H,28,29)/t19-,20+,25?,26?. The predicted octanol–water partition coefficient (Wildman–Crippen LogP) is 5.04. The molecule has 162 valence electrons. The van der Waals surface area contributed by atoms with Gasteiger partial charge in [0.15, 0.2) is 6.61 Å². The van der Waals surface area contributed by atoms with Crippen molar-refractivity contribution in [2.75, 3.05) is 6.61 Å². The largest absolute Gasteiger partial charge is 0.455 e. The average Bonchev–Trinajstić information content (AvgIpc) is 2.77. The summed E-state index contributed by atoms with van der Waals surface area (Å²) in [6.45, 7) is 0.168. The molecule has 2 aromatic rings. The molecule has 6 rings (SSSR count). The maximum atomic E-state index is 13.3. The molecule has 0 saturated heterocycles. The molecular formula is C26H28ClNO3. The molecule has 4 aliphatic rings. The minimum absolute atomic E-state index is 0.0845. The number of nitrogens with one attached hydrogen (secondary N) is 1. The minimum Gasteiger partial charge on any atom is -0.455 e. The number of hydrogen-bond acceptors (Lipinski definition) is 3. The zero-order chi connectivity index (χ0) is 21.5. The zero-order valence-electron chi connectivity index (χ0n) is 17.6. The number of hydrogen-bond donors (Lipinski definition) is 1. The lowest BCUT2D eigenvalue weighted by Gasteiger charge is -2.61. The SMILES string of the molecule is O=C(COC(=O)C12C[C@H]3C[C@@H](C1)CC(c1ccccc1)(C3)C2)NCc1ccc(Cl)cc1. The normalized spacial score (nSPS) is 30.7. The molecule has 0 radical (unpaired) electrons. The lowest BCUT2D eigenvalue weighted by Crippen LogP contribution is -2.57. The molecule has 5 heteroatoms. The molecule has 4 bridgehead atoms. The van der Waals surface area contributed by atoms with E-state index in [-0.39, 0.29) is 23.9 Å². The van der Waals surface area contributed by atoms with E-state index in [0.717, 1.165) is 24.8 Å². The van der Waals surface area contributed by atoms with Crippen LogP contribution in [0, 0.1) is 17.3 Å². The molecule has 2 unspecified atom stereocenters. The van der Waals surface area contributed by atoms with Crippen LogP contribution in [0.15, 0.2) is 54.6 Å². The number of esters is 1. The van der Waals surface area contributed by atoms with Gasteiger partial charge in [0.1, 0.15) is 0 Å². The van der Waals surface area contributed by atoms with E-state index in [1.54, 1.807) is 12.1 Å². The van der Waals surface area contributed by atoms with Crippen molar-refractivity contribution in [3.63, 3.8) is 0 Å². The van der Waals surface area contributed by atoms with Crippen molar-refractivity contribution in [3.05, 3.63) is 70.7 Å². The maximum Gasteiger partial charge on any atom is 0.312 e. The smallest absolute Gasteiger partial charge is 0.312 e. The summed E-state index contributed by atoms with van der Waals surface area (Å²) >= 11 is 5.89. The van der Waals surface area contributed by atoms with Crippen LogP contribution in [0.4, 0.5) is 0 Å². The predicted molar refractivity (Wildman–Crippen MR) is 119 cm³/mol. The van der Waals surface area contributed by atoms with Crippen molar-refractivity contribution >= 4 is 23.5 Å². The van der Waals surface area contributed by atoms with E-state index in [4.69, 9.17) is 16.3 Å². The van der Waals surface area contributed by atoms with Crippen LogP contribution in [0.25, 0.3) is 0 Å². The molecule has 0 aliphatic heterocycles. The van der Waals surface area contributed by atoms with E-state index in [0.29, 0.717) is 23.4 Å². The Balaban J connectivity index is 1.23. The molecule has 4 aliphatic carbocycles. The fourth-order valence-corrected chi connectivity index (χ4v) is 6.89. The van der Waals surface area contributed by atoms with Crippen LogP contribution in [0.2, 0.25) is 5.02 Å². The molecule has 1 N–H and O–H groups in total. The van der Waals surface area contributed by atoms with Gasteiger partial charge in [-0.1, -0.05) is 54.1 Å². The number of amides is 1. The molecule has 1 amide bonds. The molecule has 4 saturated carbocycles. The average molecular weight is 438 g/mol. The summed E-state index contributed by atoms with van der Waals surface area (Å²) in [5.74, 6) is 0.704. The third-order valence-corrected chi connectivity index (χ3v) is 7.87. The Bertz CT molecular complexity index is 958. The minimum atomic E-state index is -0.434. The van der Waals surface area contributed by atoms with Crippen molar-refractivity contribution in [3.8, 4) is 0 Å². The van der Waals surface area contributed by atoms with Gasteiger partial charge < -0.3 is 10.1 Å². The number of rotatable bonds is 6. The lowest BCUT2D eigenvalue weighted by atomic mass is 9.43. The molecule has 0 aromatic heterocycles. The Morgan fingerprint density at radius 2 is 1.65 bits per heavy atom. The third-order valence-electron chi connectivity index (χ3n) is 7.62. The Kier molecular flexibility index (Phi) is 5.29. The van der Waals surface area contributed by atoms with Gasteiger partial charge in [0, 0.05) is 11.6 Å². The van der Waals surface area contributed by atoms with Gasteiger partial charge in [-0.05, 0) is 79.0 Å². The van der Waals surface area contributed by atoms with Gasteiger partial charge in [-0.3, -0.25) is 9.59 Å². The van der Waals surface area contributed by atoms with Crippen molar-refractivity contribution in [2.45, 2.75) is 50.5 Å². The van der Waals surface area contributed by atoms with Gasteiger partial charge in [0.05, 0.1) is 5.41 Å². The van der Waals surface area contributed by atoms with E-state index >= 15 is 0 Å². The molecule has 2 aromatic carbocycles. The zero-order valence-corrected chi connectivity index (χ0v) is 18.4. The first kappa shape index (κ1) is 20.6. The van der Waals surface area contributed by atoms with Gasteiger partial charge in [-0.2, -0.15) is 0 Å². The first-order chi connectivity index (χ1) is 15.0. The summed E-state index contributed by atoms with van der Waals surface area (Å²) in [5, 5.41) is 3.48. The number of carbonyl (C=O) groups is 2. The number of benzene rings is 2. The second-order valence-corrected chi connectivity index (χ2v) is 10.3. The van der Waals surface area contributed by atoms with Crippen LogP contribution in [-0.4, -0.2) is 18.5 Å². The Hall–Kier alpha value is -2.33. The van der Waals surface area contributed by atoms with E-state index < -0.39 is 5.41 Å². The molecule has 31 heavy (non-hydrogen) atoms. The van der Waals surface area contributed by atoms with Crippen LogP contribution >= 0.6 is 11.6 Å². The van der Waals surface area contributed by atoms with Crippen LogP contribution < -0.4 is 5.32 Å². The van der Waals surface area contributed by atoms with Crippen LogP contribution in [0.3, 0.4) is 0 Å². The highest BCUT2D eigenvalue weighted by atomic mass is 35.5. The number of ether oxygens (including phenoxy) is 1. The molecular weight excluding hydrogens is 410 g/mol. The summed E-state index contributed by atoms with van der Waals surface area (Å²) in [5.41, 5.74) is 1.97. The summed E-state index contributed by atoms with van der Waals surface area (Å²) in [6.07, 6.45) is 6.23. The topological polar surface area (TPSA) is 55.4 Å². The molecule has 0 heterocycles. The molecule has 4 fully saturated rings. The third kappa shape index (κ3) is 3.98. The number of halogens is 1. The van der Waals surface area contributed by atoms with Crippen molar-refractivity contribution in [2.24, 2.45) is 17.3 Å². The highest BCUT2D eigenvalue weighted by Gasteiger charge is 2.61. The summed E-state index contributed by atoms with van der Waals surface area (Å²) in [7, 11) is 0. The van der Waals surface area contributed by atoms with Crippen LogP contribution in [0.1, 0.15) is 49.7 Å². The van der Waals surface area contributed by atoms with Crippen molar-refractivity contribution in [1.29, 1.82) is 0 Å². The fourth-order valence-electron chi connectivity index (χ4n) is 6.77. The molecule has 0 spiro atoms. The number of carbonyl (C=O) groups excluding carboxylic acids is 2. The van der Waals surface area contributed by atoms with Gasteiger partial charge in [0.2, 0.25) is 0 Å². The van der Waals surface area contributed by atoms with Gasteiger partial charge in [0.25, 0.3) is 5.91 Å². The van der Waals surface area contributed by atoms with Crippen LogP contribution in [-0.2, 0) is 26.3 Å². The Morgan fingerprint density at radius 1 is 0.968 bits per heavy atom.